The predicted molar refractivity (Wildman–Crippen MR) is 91.0 cm³/mol. The van der Waals surface area contributed by atoms with Crippen LogP contribution in [0.15, 0.2) is 42.1 Å². The number of nitrogens with zero attached hydrogens (tertiary/aromatic N) is 1. The molecule has 0 aromatic heterocycles. The van der Waals surface area contributed by atoms with Crippen LogP contribution in [-0.2, 0) is 11.3 Å². The maximum Gasteiger partial charge on any atom is 0.329 e. The molecule has 0 radical (unpaired) electrons. The minimum absolute atomic E-state index is 0.0654. The fourth-order valence-corrected chi connectivity index (χ4v) is 2.73. The summed E-state index contributed by atoms with van der Waals surface area (Å²) in [6.07, 6.45) is 1.57. The molecule has 1 aliphatic heterocycles. The number of benzene rings is 2. The van der Waals surface area contributed by atoms with Crippen molar-refractivity contribution in [1.82, 2.24) is 10.2 Å². The Morgan fingerprint density at radius 3 is 2.32 bits per heavy atom. The van der Waals surface area contributed by atoms with Crippen LogP contribution in [0.1, 0.15) is 22.3 Å². The van der Waals surface area contributed by atoms with Crippen LogP contribution in [-0.4, -0.2) is 21.9 Å². The lowest BCUT2D eigenvalue weighted by molar-refractivity contribution is -0.123. The topological polar surface area (TPSA) is 69.6 Å². The van der Waals surface area contributed by atoms with Gasteiger partial charge < -0.3 is 10.4 Å². The minimum atomic E-state index is -0.521. The van der Waals surface area contributed by atoms with Crippen molar-refractivity contribution in [3.63, 3.8) is 0 Å². The van der Waals surface area contributed by atoms with Gasteiger partial charge in [-0.3, -0.25) is 9.69 Å². The number of amides is 3. The Bertz CT molecular complexity index is 865. The molecule has 3 rings (SSSR count). The zero-order chi connectivity index (χ0) is 18.1. The highest BCUT2D eigenvalue weighted by molar-refractivity contribution is 6.13. The Morgan fingerprint density at radius 1 is 1.12 bits per heavy atom. The van der Waals surface area contributed by atoms with E-state index >= 15 is 0 Å². The highest BCUT2D eigenvalue weighted by atomic mass is 19.1. The molecule has 5 nitrogen and oxygen atoms in total. The number of aromatic hydroxyl groups is 1. The van der Waals surface area contributed by atoms with E-state index < -0.39 is 11.9 Å². The van der Waals surface area contributed by atoms with E-state index in [4.69, 9.17) is 0 Å². The van der Waals surface area contributed by atoms with Gasteiger partial charge in [-0.25, -0.2) is 9.18 Å². The zero-order valence-electron chi connectivity index (χ0n) is 13.8. The van der Waals surface area contributed by atoms with E-state index in [0.717, 1.165) is 4.90 Å². The number of urea groups is 1. The average Bonchev–Trinajstić information content (AvgIpc) is 2.82. The molecular formula is C19H17FN2O3. The summed E-state index contributed by atoms with van der Waals surface area (Å²) >= 11 is 0. The molecule has 6 heteroatoms. The Hall–Kier alpha value is -3.15. The summed E-state index contributed by atoms with van der Waals surface area (Å²) in [7, 11) is 0. The van der Waals surface area contributed by atoms with E-state index in [0.29, 0.717) is 22.3 Å². The first-order valence-electron chi connectivity index (χ1n) is 7.74. The Kier molecular flexibility index (Phi) is 4.27. The van der Waals surface area contributed by atoms with Crippen molar-refractivity contribution in [3.05, 3.63) is 70.2 Å². The van der Waals surface area contributed by atoms with Gasteiger partial charge in [-0.2, -0.15) is 0 Å². The number of nitrogens with one attached hydrogen (secondary N) is 1. The maximum absolute atomic E-state index is 13.0. The summed E-state index contributed by atoms with van der Waals surface area (Å²) in [5.41, 5.74) is 2.90. The first-order chi connectivity index (χ1) is 11.8. The predicted octanol–water partition coefficient (Wildman–Crippen LogP) is 3.24. The van der Waals surface area contributed by atoms with Crippen LogP contribution in [0.5, 0.6) is 5.75 Å². The number of hydrogen-bond donors (Lipinski definition) is 2. The third-order valence-corrected chi connectivity index (χ3v) is 4.04. The first kappa shape index (κ1) is 16.7. The molecule has 0 bridgehead atoms. The van der Waals surface area contributed by atoms with E-state index in [-0.39, 0.29) is 23.8 Å². The smallest absolute Gasteiger partial charge is 0.329 e. The summed E-state index contributed by atoms with van der Waals surface area (Å²) in [6.45, 7) is 3.59. The second kappa shape index (κ2) is 6.39. The summed E-state index contributed by atoms with van der Waals surface area (Å²) in [5.74, 6) is -0.612. The van der Waals surface area contributed by atoms with Gasteiger partial charge in [0.2, 0.25) is 0 Å². The Morgan fingerprint density at radius 2 is 1.72 bits per heavy atom. The van der Waals surface area contributed by atoms with Gasteiger partial charge in [-0.05, 0) is 66.4 Å². The number of halogens is 1. The molecule has 128 valence electrons. The largest absolute Gasteiger partial charge is 0.507 e. The van der Waals surface area contributed by atoms with E-state index in [9.17, 15) is 19.1 Å². The molecule has 2 N–H and O–H groups in total. The number of hydrogen-bond acceptors (Lipinski definition) is 3. The maximum atomic E-state index is 13.0. The third-order valence-electron chi connectivity index (χ3n) is 4.04. The van der Waals surface area contributed by atoms with E-state index in [1.807, 2.05) is 0 Å². The van der Waals surface area contributed by atoms with Crippen LogP contribution < -0.4 is 5.32 Å². The quantitative estimate of drug-likeness (QED) is 0.666. The van der Waals surface area contributed by atoms with Crippen molar-refractivity contribution in [2.45, 2.75) is 20.4 Å². The molecular weight excluding hydrogens is 323 g/mol. The molecule has 0 atom stereocenters. The normalized spacial score (nSPS) is 15.8. The van der Waals surface area contributed by atoms with Crippen LogP contribution in [0.2, 0.25) is 0 Å². The molecule has 1 aliphatic rings. The fourth-order valence-electron chi connectivity index (χ4n) is 2.73. The van der Waals surface area contributed by atoms with E-state index in [1.165, 1.54) is 24.3 Å². The monoisotopic (exact) mass is 340 g/mol. The van der Waals surface area contributed by atoms with Gasteiger partial charge in [0.25, 0.3) is 5.91 Å². The molecule has 0 unspecified atom stereocenters. The number of phenolic OH excluding ortho intramolecular Hbond substituents is 1. The molecule has 1 fully saturated rings. The first-order valence-corrected chi connectivity index (χ1v) is 7.74. The van der Waals surface area contributed by atoms with Crippen LogP contribution in [0.3, 0.4) is 0 Å². The molecule has 2 aromatic carbocycles. The molecule has 2 aromatic rings. The van der Waals surface area contributed by atoms with E-state index in [2.05, 4.69) is 5.32 Å². The van der Waals surface area contributed by atoms with Gasteiger partial charge >= 0.3 is 6.03 Å². The van der Waals surface area contributed by atoms with Gasteiger partial charge in [-0.15, -0.1) is 0 Å². The van der Waals surface area contributed by atoms with Crippen molar-refractivity contribution in [2.75, 3.05) is 0 Å². The summed E-state index contributed by atoms with van der Waals surface area (Å²) in [4.78, 5) is 25.6. The lowest BCUT2D eigenvalue weighted by Gasteiger charge is -2.11. The van der Waals surface area contributed by atoms with Crippen molar-refractivity contribution >= 4 is 18.0 Å². The molecule has 0 spiro atoms. The number of carbonyl (C=O) groups excluding carboxylic acids is 2. The second-order valence-electron chi connectivity index (χ2n) is 6.01. The van der Waals surface area contributed by atoms with Crippen LogP contribution >= 0.6 is 0 Å². The Labute approximate surface area is 144 Å². The highest BCUT2D eigenvalue weighted by Crippen LogP contribution is 2.25. The summed E-state index contributed by atoms with van der Waals surface area (Å²) in [6, 6.07) is 8.58. The lowest BCUT2D eigenvalue weighted by atomic mass is 10.0. The van der Waals surface area contributed by atoms with Crippen LogP contribution in [0, 0.1) is 19.7 Å². The van der Waals surface area contributed by atoms with Crippen LogP contribution in [0.4, 0.5) is 9.18 Å². The van der Waals surface area contributed by atoms with Crippen LogP contribution in [0.25, 0.3) is 6.08 Å². The summed E-state index contributed by atoms with van der Waals surface area (Å²) < 4.78 is 13.0. The number of phenols is 1. The molecule has 3 amide bonds. The van der Waals surface area contributed by atoms with Gasteiger partial charge in [0, 0.05) is 0 Å². The fraction of sp³-hybridized carbons (Fsp3) is 0.158. The number of carbonyl (C=O) groups is 2. The summed E-state index contributed by atoms with van der Waals surface area (Å²) in [5, 5.41) is 12.4. The Balaban J connectivity index is 1.84. The van der Waals surface area contributed by atoms with Gasteiger partial charge in [0.15, 0.2) is 0 Å². The van der Waals surface area contributed by atoms with Crippen molar-refractivity contribution in [1.29, 1.82) is 0 Å². The van der Waals surface area contributed by atoms with Crippen molar-refractivity contribution in [3.8, 4) is 5.75 Å². The molecule has 1 saturated heterocycles. The standard InChI is InChI=1S/C19H17FN2O3/c1-11-7-14(8-12(2)17(11)23)9-16-18(24)22(19(25)21-16)10-13-3-5-15(20)6-4-13/h3-9,23H,10H2,1-2H3,(H,21,25). The zero-order valence-corrected chi connectivity index (χ0v) is 13.8. The van der Waals surface area contributed by atoms with Gasteiger partial charge in [0.05, 0.1) is 6.54 Å². The lowest BCUT2D eigenvalue weighted by Crippen LogP contribution is -2.30. The van der Waals surface area contributed by atoms with Crippen molar-refractivity contribution < 1.29 is 19.1 Å². The molecule has 25 heavy (non-hydrogen) atoms. The third kappa shape index (κ3) is 3.38. The minimum Gasteiger partial charge on any atom is -0.507 e. The highest BCUT2D eigenvalue weighted by Gasteiger charge is 2.33. The van der Waals surface area contributed by atoms with E-state index in [1.54, 1.807) is 32.1 Å². The average molecular weight is 340 g/mol. The number of imide groups is 1. The SMILES string of the molecule is Cc1cc(C=C2NC(=O)N(Cc3ccc(F)cc3)C2=O)cc(C)c1O. The number of rotatable bonds is 3. The second-order valence-corrected chi connectivity index (χ2v) is 6.01. The van der Waals surface area contributed by atoms with Gasteiger partial charge in [0.1, 0.15) is 17.3 Å². The molecule has 1 heterocycles. The van der Waals surface area contributed by atoms with Gasteiger partial charge in [-0.1, -0.05) is 12.1 Å². The molecule has 0 aliphatic carbocycles. The molecule has 0 saturated carbocycles. The number of aryl methyl sites for hydroxylation is 2. The van der Waals surface area contributed by atoms with Crippen molar-refractivity contribution in [2.24, 2.45) is 0 Å².